The maximum atomic E-state index is 13.0. The van der Waals surface area contributed by atoms with Crippen LogP contribution in [0.4, 0.5) is 4.79 Å². The lowest BCUT2D eigenvalue weighted by molar-refractivity contribution is -0.157. The Hall–Kier alpha value is -2.61. The molecule has 0 aliphatic heterocycles. The highest BCUT2D eigenvalue weighted by Crippen LogP contribution is 2.16. The van der Waals surface area contributed by atoms with Crippen LogP contribution in [0.15, 0.2) is 24.3 Å². The summed E-state index contributed by atoms with van der Waals surface area (Å²) in [5.41, 5.74) is -1.43. The number of rotatable bonds is 8. The Labute approximate surface area is 190 Å². The van der Waals surface area contributed by atoms with E-state index in [-0.39, 0.29) is 19.0 Å². The molecule has 1 atom stereocenters. The first-order chi connectivity index (χ1) is 14.5. The van der Waals surface area contributed by atoms with Crippen molar-refractivity contribution in [2.75, 3.05) is 13.2 Å². The number of esters is 1. The number of benzene rings is 1. The molecule has 1 amide bonds. The fraction of sp³-hybridized carbons (Fsp3) is 0.625. The van der Waals surface area contributed by atoms with E-state index in [1.54, 1.807) is 65.8 Å². The summed E-state index contributed by atoms with van der Waals surface area (Å²) in [6, 6.07) is 5.35. The fourth-order valence-electron chi connectivity index (χ4n) is 2.40. The van der Waals surface area contributed by atoms with E-state index < -0.39 is 34.9 Å². The highest BCUT2D eigenvalue weighted by Gasteiger charge is 2.27. The molecule has 0 saturated carbocycles. The lowest BCUT2D eigenvalue weighted by Crippen LogP contribution is -2.47. The van der Waals surface area contributed by atoms with E-state index in [0.29, 0.717) is 11.3 Å². The molecule has 1 aromatic rings. The van der Waals surface area contributed by atoms with Gasteiger partial charge in [0.2, 0.25) is 0 Å². The molecule has 1 unspecified atom stereocenters. The summed E-state index contributed by atoms with van der Waals surface area (Å²) in [6.45, 7) is 15.9. The SMILES string of the molecule is CC(C)(C)OCC(NC(=O)OC(C)(C)C)C(=O)c1ccc(OCC(=O)OC(C)(C)C)cc1. The number of ketones is 1. The van der Waals surface area contributed by atoms with Crippen LogP contribution in [0.25, 0.3) is 0 Å². The van der Waals surface area contributed by atoms with Gasteiger partial charge in [0.15, 0.2) is 12.4 Å². The van der Waals surface area contributed by atoms with E-state index in [1.165, 1.54) is 0 Å². The van der Waals surface area contributed by atoms with Crippen molar-refractivity contribution in [2.24, 2.45) is 0 Å². The minimum Gasteiger partial charge on any atom is -0.482 e. The van der Waals surface area contributed by atoms with Crippen LogP contribution in [-0.2, 0) is 19.0 Å². The number of ether oxygens (including phenoxy) is 4. The highest BCUT2D eigenvalue weighted by molar-refractivity contribution is 6.01. The Bertz CT molecular complexity index is 781. The lowest BCUT2D eigenvalue weighted by atomic mass is 10.0. The molecule has 0 saturated heterocycles. The Morgan fingerprint density at radius 3 is 1.81 bits per heavy atom. The van der Waals surface area contributed by atoms with E-state index in [4.69, 9.17) is 18.9 Å². The molecule has 0 radical (unpaired) electrons. The molecule has 8 heteroatoms. The van der Waals surface area contributed by atoms with Crippen molar-refractivity contribution in [1.82, 2.24) is 5.32 Å². The van der Waals surface area contributed by atoms with Gasteiger partial charge in [-0.1, -0.05) is 0 Å². The predicted molar refractivity (Wildman–Crippen MR) is 121 cm³/mol. The number of nitrogens with one attached hydrogen (secondary N) is 1. The summed E-state index contributed by atoms with van der Waals surface area (Å²) in [4.78, 5) is 37.0. The number of Topliss-reactive ketones (excluding diaryl/α,β-unsaturated/α-hetero) is 1. The van der Waals surface area contributed by atoms with E-state index in [2.05, 4.69) is 5.32 Å². The van der Waals surface area contributed by atoms with Crippen molar-refractivity contribution in [3.63, 3.8) is 0 Å². The molecule has 0 fully saturated rings. The van der Waals surface area contributed by atoms with Crippen LogP contribution < -0.4 is 10.1 Å². The van der Waals surface area contributed by atoms with Gasteiger partial charge in [-0.25, -0.2) is 9.59 Å². The number of alkyl carbamates (subject to hydrolysis) is 1. The molecule has 0 aliphatic carbocycles. The largest absolute Gasteiger partial charge is 0.482 e. The van der Waals surface area contributed by atoms with Gasteiger partial charge in [-0.2, -0.15) is 0 Å². The van der Waals surface area contributed by atoms with E-state index in [0.717, 1.165) is 0 Å². The van der Waals surface area contributed by atoms with E-state index >= 15 is 0 Å². The third-order valence-electron chi connectivity index (χ3n) is 3.61. The second-order valence-electron chi connectivity index (χ2n) is 10.4. The molecule has 180 valence electrons. The molecular formula is C24H37NO7. The van der Waals surface area contributed by atoms with Gasteiger partial charge in [0.25, 0.3) is 0 Å². The van der Waals surface area contributed by atoms with Gasteiger partial charge < -0.3 is 24.3 Å². The van der Waals surface area contributed by atoms with Gasteiger partial charge in [-0.3, -0.25) is 4.79 Å². The summed E-state index contributed by atoms with van der Waals surface area (Å²) in [7, 11) is 0. The van der Waals surface area contributed by atoms with Crippen LogP contribution in [0.2, 0.25) is 0 Å². The number of carbonyl (C=O) groups excluding carboxylic acids is 3. The third-order valence-corrected chi connectivity index (χ3v) is 3.61. The van der Waals surface area contributed by atoms with E-state index in [1.807, 2.05) is 20.8 Å². The zero-order valence-corrected chi connectivity index (χ0v) is 20.7. The number of carbonyl (C=O) groups is 3. The minimum absolute atomic E-state index is 0.0154. The smallest absolute Gasteiger partial charge is 0.408 e. The molecule has 1 rings (SSSR count). The molecule has 1 N–H and O–H groups in total. The molecule has 0 aromatic heterocycles. The number of amides is 1. The van der Waals surface area contributed by atoms with Crippen molar-refractivity contribution >= 4 is 17.8 Å². The topological polar surface area (TPSA) is 100 Å². The summed E-state index contributed by atoms with van der Waals surface area (Å²) in [6.07, 6.45) is -0.703. The molecule has 1 aromatic carbocycles. The Morgan fingerprint density at radius 1 is 0.812 bits per heavy atom. The first-order valence-corrected chi connectivity index (χ1v) is 10.6. The Kier molecular flexibility index (Phi) is 9.26. The van der Waals surface area contributed by atoms with Crippen LogP contribution in [0.1, 0.15) is 72.7 Å². The van der Waals surface area contributed by atoms with Gasteiger partial charge in [0, 0.05) is 5.56 Å². The van der Waals surface area contributed by atoms with Gasteiger partial charge in [-0.15, -0.1) is 0 Å². The molecule has 0 bridgehead atoms. The fourth-order valence-corrected chi connectivity index (χ4v) is 2.40. The number of hydrogen-bond donors (Lipinski definition) is 1. The van der Waals surface area contributed by atoms with Gasteiger partial charge in [0.1, 0.15) is 23.0 Å². The summed E-state index contributed by atoms with van der Waals surface area (Å²) in [5.74, 6) is -0.410. The van der Waals surface area contributed by atoms with Crippen LogP contribution in [0, 0.1) is 0 Å². The molecule has 32 heavy (non-hydrogen) atoms. The monoisotopic (exact) mass is 451 g/mol. The Morgan fingerprint density at radius 2 is 1.34 bits per heavy atom. The number of hydrogen-bond acceptors (Lipinski definition) is 7. The lowest BCUT2D eigenvalue weighted by Gasteiger charge is -2.26. The van der Waals surface area contributed by atoms with Crippen molar-refractivity contribution in [2.45, 2.75) is 85.2 Å². The van der Waals surface area contributed by atoms with Crippen LogP contribution in [-0.4, -0.2) is 53.9 Å². The van der Waals surface area contributed by atoms with Crippen LogP contribution in [0.3, 0.4) is 0 Å². The minimum atomic E-state index is -0.933. The van der Waals surface area contributed by atoms with Crippen molar-refractivity contribution in [3.05, 3.63) is 29.8 Å². The molecule has 0 aliphatic rings. The van der Waals surface area contributed by atoms with Crippen LogP contribution >= 0.6 is 0 Å². The normalized spacial score (nSPS) is 13.2. The zero-order chi connectivity index (χ0) is 24.7. The molecule has 0 heterocycles. The average molecular weight is 452 g/mol. The van der Waals surface area contributed by atoms with E-state index in [9.17, 15) is 14.4 Å². The van der Waals surface area contributed by atoms with Crippen LogP contribution in [0.5, 0.6) is 5.75 Å². The Balaban J connectivity index is 2.85. The predicted octanol–water partition coefficient (Wildman–Crippen LogP) is 4.30. The van der Waals surface area contributed by atoms with Gasteiger partial charge in [-0.05, 0) is 86.6 Å². The maximum Gasteiger partial charge on any atom is 0.408 e. The van der Waals surface area contributed by atoms with Crippen molar-refractivity contribution < 1.29 is 33.3 Å². The second-order valence-corrected chi connectivity index (χ2v) is 10.4. The third kappa shape index (κ3) is 11.7. The second kappa shape index (κ2) is 10.8. The van der Waals surface area contributed by atoms with Gasteiger partial charge >= 0.3 is 12.1 Å². The van der Waals surface area contributed by atoms with Crippen molar-refractivity contribution in [3.8, 4) is 5.75 Å². The first-order valence-electron chi connectivity index (χ1n) is 10.6. The first kappa shape index (κ1) is 27.4. The average Bonchev–Trinajstić information content (AvgIpc) is 2.59. The molecular weight excluding hydrogens is 414 g/mol. The van der Waals surface area contributed by atoms with Gasteiger partial charge in [0.05, 0.1) is 12.2 Å². The van der Waals surface area contributed by atoms with Crippen molar-refractivity contribution in [1.29, 1.82) is 0 Å². The summed E-state index contributed by atoms with van der Waals surface area (Å²) >= 11 is 0. The summed E-state index contributed by atoms with van der Waals surface area (Å²) in [5, 5.41) is 2.59. The quantitative estimate of drug-likeness (QED) is 0.465. The maximum absolute atomic E-state index is 13.0. The molecule has 0 spiro atoms. The standard InChI is InChI=1S/C24H37NO7/c1-22(2,3)30-14-18(25-21(28)32-24(7,8)9)20(27)16-10-12-17(13-11-16)29-15-19(26)31-23(4,5)6/h10-13,18H,14-15H2,1-9H3,(H,25,28). The zero-order valence-electron chi connectivity index (χ0n) is 20.7. The highest BCUT2D eigenvalue weighted by atomic mass is 16.6. The summed E-state index contributed by atoms with van der Waals surface area (Å²) < 4.78 is 21.6. The molecule has 8 nitrogen and oxygen atoms in total.